The van der Waals surface area contributed by atoms with E-state index >= 15 is 0 Å². The molecule has 29 heavy (non-hydrogen) atoms. The fourth-order valence-electron chi connectivity index (χ4n) is 2.39. The maximum atomic E-state index is 12.5. The van der Waals surface area contributed by atoms with Crippen LogP contribution in [0.2, 0.25) is 0 Å². The first-order chi connectivity index (χ1) is 13.8. The van der Waals surface area contributed by atoms with Crippen LogP contribution in [0.1, 0.15) is 36.8 Å². The Balaban J connectivity index is 2.06. The standard InChI is InChI=1S/C18H22N4O5S2/c1-4-22(5-2)29(25,26)14-10-7-13(8-11-14)9-12-15(23)19-17-16(20-21-28-17)18(24)27-6-3/h7-12H,4-6H2,1-3H3,(H,19,23)/b12-9+. The normalized spacial score (nSPS) is 11.7. The molecule has 0 aliphatic carbocycles. The van der Waals surface area contributed by atoms with Gasteiger partial charge in [0.05, 0.1) is 11.5 Å². The first kappa shape index (κ1) is 22.7. The number of carbonyl (C=O) groups excluding carboxylic acids is 2. The van der Waals surface area contributed by atoms with E-state index in [1.807, 2.05) is 0 Å². The molecule has 0 saturated carbocycles. The molecule has 0 bridgehead atoms. The summed E-state index contributed by atoms with van der Waals surface area (Å²) in [5.41, 5.74) is 0.594. The number of ether oxygens (including phenoxy) is 1. The number of hydrogen-bond donors (Lipinski definition) is 1. The second kappa shape index (κ2) is 10.2. The molecule has 0 fully saturated rings. The van der Waals surface area contributed by atoms with Crippen LogP contribution in [-0.2, 0) is 19.6 Å². The minimum atomic E-state index is -3.53. The molecular weight excluding hydrogens is 416 g/mol. The molecule has 0 spiro atoms. The first-order valence-corrected chi connectivity index (χ1v) is 11.1. The van der Waals surface area contributed by atoms with Gasteiger partial charge in [-0.2, -0.15) is 4.31 Å². The van der Waals surface area contributed by atoms with Gasteiger partial charge in [-0.15, -0.1) is 5.10 Å². The van der Waals surface area contributed by atoms with E-state index in [0.717, 1.165) is 11.5 Å². The minimum Gasteiger partial charge on any atom is -0.461 e. The van der Waals surface area contributed by atoms with E-state index < -0.39 is 21.9 Å². The summed E-state index contributed by atoms with van der Waals surface area (Å²) in [6, 6.07) is 6.21. The average molecular weight is 439 g/mol. The number of aromatic nitrogens is 2. The summed E-state index contributed by atoms with van der Waals surface area (Å²) in [4.78, 5) is 24.1. The molecule has 1 aromatic carbocycles. The van der Waals surface area contributed by atoms with Crippen molar-refractivity contribution >= 4 is 44.5 Å². The van der Waals surface area contributed by atoms with Crippen LogP contribution < -0.4 is 5.32 Å². The zero-order chi connectivity index (χ0) is 21.4. The Kier molecular flexibility index (Phi) is 8.00. The van der Waals surface area contributed by atoms with E-state index in [1.54, 1.807) is 32.9 Å². The van der Waals surface area contributed by atoms with Crippen LogP contribution in [0.4, 0.5) is 5.00 Å². The van der Waals surface area contributed by atoms with Gasteiger partial charge in [0.1, 0.15) is 0 Å². The molecule has 2 rings (SSSR count). The summed E-state index contributed by atoms with van der Waals surface area (Å²) in [5, 5.41) is 6.38. The Morgan fingerprint density at radius 1 is 1.17 bits per heavy atom. The number of amides is 1. The predicted octanol–water partition coefficient (Wildman–Crippen LogP) is 2.40. The topological polar surface area (TPSA) is 119 Å². The van der Waals surface area contributed by atoms with Crippen LogP contribution in [-0.4, -0.2) is 53.9 Å². The number of benzene rings is 1. The largest absolute Gasteiger partial charge is 0.461 e. The van der Waals surface area contributed by atoms with Gasteiger partial charge in [0.25, 0.3) is 0 Å². The summed E-state index contributed by atoms with van der Waals surface area (Å²) in [6.07, 6.45) is 2.80. The van der Waals surface area contributed by atoms with E-state index in [9.17, 15) is 18.0 Å². The lowest BCUT2D eigenvalue weighted by atomic mass is 10.2. The zero-order valence-electron chi connectivity index (χ0n) is 16.3. The van der Waals surface area contributed by atoms with Crippen molar-refractivity contribution < 1.29 is 22.7 Å². The molecule has 9 nitrogen and oxygen atoms in total. The smallest absolute Gasteiger partial charge is 0.362 e. The first-order valence-electron chi connectivity index (χ1n) is 8.92. The summed E-state index contributed by atoms with van der Waals surface area (Å²) in [6.45, 7) is 6.19. The molecular formula is C18H22N4O5S2. The SMILES string of the molecule is CCOC(=O)c1nnsc1NC(=O)/C=C/c1ccc(S(=O)(=O)N(CC)CC)cc1. The number of esters is 1. The number of nitrogens with zero attached hydrogens (tertiary/aromatic N) is 3. The molecule has 0 aliphatic rings. The highest BCUT2D eigenvalue weighted by atomic mass is 32.2. The maximum Gasteiger partial charge on any atom is 0.362 e. The van der Waals surface area contributed by atoms with Gasteiger partial charge >= 0.3 is 5.97 Å². The highest BCUT2D eigenvalue weighted by Crippen LogP contribution is 2.19. The molecule has 1 aromatic heterocycles. The highest BCUT2D eigenvalue weighted by Gasteiger charge is 2.21. The van der Waals surface area contributed by atoms with Crippen LogP contribution in [0.5, 0.6) is 0 Å². The average Bonchev–Trinajstić information content (AvgIpc) is 3.16. The van der Waals surface area contributed by atoms with Crippen LogP contribution >= 0.6 is 11.5 Å². The Morgan fingerprint density at radius 2 is 1.83 bits per heavy atom. The van der Waals surface area contributed by atoms with Crippen molar-refractivity contribution in [3.63, 3.8) is 0 Å². The summed E-state index contributed by atoms with van der Waals surface area (Å²) in [7, 11) is -3.53. The van der Waals surface area contributed by atoms with E-state index in [4.69, 9.17) is 4.74 Å². The van der Waals surface area contributed by atoms with Crippen molar-refractivity contribution in [2.24, 2.45) is 0 Å². The second-order valence-corrected chi connectivity index (χ2v) is 8.34. The van der Waals surface area contributed by atoms with Gasteiger partial charge in [-0.25, -0.2) is 13.2 Å². The Bertz CT molecular complexity index is 980. The zero-order valence-corrected chi connectivity index (χ0v) is 17.9. The van der Waals surface area contributed by atoms with Crippen LogP contribution in [0.15, 0.2) is 35.2 Å². The quantitative estimate of drug-likeness (QED) is 0.472. The van der Waals surface area contributed by atoms with Crippen molar-refractivity contribution in [3.05, 3.63) is 41.6 Å². The Hall–Kier alpha value is -2.63. The van der Waals surface area contributed by atoms with Gasteiger partial charge in [0, 0.05) is 30.7 Å². The minimum absolute atomic E-state index is 0.0513. The number of anilines is 1. The predicted molar refractivity (Wildman–Crippen MR) is 110 cm³/mol. The van der Waals surface area contributed by atoms with E-state index in [0.29, 0.717) is 18.7 Å². The van der Waals surface area contributed by atoms with Crippen molar-refractivity contribution in [1.82, 2.24) is 13.9 Å². The van der Waals surface area contributed by atoms with Crippen molar-refractivity contribution in [2.75, 3.05) is 25.0 Å². The summed E-state index contributed by atoms with van der Waals surface area (Å²) < 4.78 is 34.8. The third kappa shape index (κ3) is 5.68. The fraction of sp³-hybridized carbons (Fsp3) is 0.333. The van der Waals surface area contributed by atoms with Crippen molar-refractivity contribution in [1.29, 1.82) is 0 Å². The molecule has 0 aliphatic heterocycles. The van der Waals surface area contributed by atoms with Gasteiger partial charge in [0.15, 0.2) is 5.00 Å². The number of hydrogen-bond acceptors (Lipinski definition) is 8. The van der Waals surface area contributed by atoms with Crippen LogP contribution in [0.3, 0.4) is 0 Å². The summed E-state index contributed by atoms with van der Waals surface area (Å²) >= 11 is 0.866. The van der Waals surface area contributed by atoms with Gasteiger partial charge in [-0.3, -0.25) is 4.79 Å². The molecule has 2 aromatic rings. The monoisotopic (exact) mass is 438 g/mol. The lowest BCUT2D eigenvalue weighted by Crippen LogP contribution is -2.30. The molecule has 0 atom stereocenters. The molecule has 1 N–H and O–H groups in total. The third-order valence-electron chi connectivity index (χ3n) is 3.84. The molecule has 0 unspecified atom stereocenters. The summed E-state index contributed by atoms with van der Waals surface area (Å²) in [5.74, 6) is -1.15. The number of rotatable bonds is 9. The molecule has 11 heteroatoms. The third-order valence-corrected chi connectivity index (χ3v) is 6.55. The Labute approximate surface area is 173 Å². The van der Waals surface area contributed by atoms with Gasteiger partial charge in [0.2, 0.25) is 21.6 Å². The highest BCUT2D eigenvalue weighted by molar-refractivity contribution is 7.89. The maximum absolute atomic E-state index is 12.5. The lowest BCUT2D eigenvalue weighted by Gasteiger charge is -2.18. The number of carbonyl (C=O) groups is 2. The van der Waals surface area contributed by atoms with E-state index in [-0.39, 0.29) is 22.2 Å². The molecule has 0 radical (unpaired) electrons. The second-order valence-electron chi connectivity index (χ2n) is 5.65. The van der Waals surface area contributed by atoms with Crippen LogP contribution in [0.25, 0.3) is 6.08 Å². The Morgan fingerprint density at radius 3 is 2.41 bits per heavy atom. The number of nitrogens with one attached hydrogen (secondary N) is 1. The van der Waals surface area contributed by atoms with E-state index in [2.05, 4.69) is 14.9 Å². The molecule has 0 saturated heterocycles. The van der Waals surface area contributed by atoms with E-state index in [1.165, 1.54) is 28.6 Å². The van der Waals surface area contributed by atoms with Gasteiger partial charge in [-0.05, 0) is 30.7 Å². The van der Waals surface area contributed by atoms with Crippen LogP contribution in [0, 0.1) is 0 Å². The molecule has 1 amide bonds. The van der Waals surface area contributed by atoms with Crippen molar-refractivity contribution in [3.8, 4) is 0 Å². The van der Waals surface area contributed by atoms with Crippen molar-refractivity contribution in [2.45, 2.75) is 25.7 Å². The fourth-order valence-corrected chi connectivity index (χ4v) is 4.41. The molecule has 1 heterocycles. The number of sulfonamides is 1. The lowest BCUT2D eigenvalue weighted by molar-refractivity contribution is -0.111. The molecule has 156 valence electrons. The van der Waals surface area contributed by atoms with Gasteiger partial charge in [-0.1, -0.05) is 30.5 Å². The van der Waals surface area contributed by atoms with Gasteiger partial charge < -0.3 is 10.1 Å².